The van der Waals surface area contributed by atoms with E-state index in [4.69, 9.17) is 10.5 Å². The van der Waals surface area contributed by atoms with Gasteiger partial charge in [-0.05, 0) is 189 Å². The number of anilines is 1. The fourth-order valence-corrected chi connectivity index (χ4v) is 12.3. The lowest BCUT2D eigenvalue weighted by Crippen LogP contribution is -2.56. The number of fused-ring (bicyclic) bond motifs is 2. The molecule has 6 N–H and O–H groups in total. The second-order valence-electron chi connectivity index (χ2n) is 20.8. The molecule has 9 heteroatoms. The van der Waals surface area contributed by atoms with Crippen LogP contribution in [0.3, 0.4) is 0 Å². The van der Waals surface area contributed by atoms with Gasteiger partial charge in [-0.1, -0.05) is 98.5 Å². The number of carbonyl (C=O) groups excluding carboxylic acids is 2. The summed E-state index contributed by atoms with van der Waals surface area (Å²) in [7, 11) is 1.51. The quantitative estimate of drug-likeness (QED) is 0.0295. The van der Waals surface area contributed by atoms with Crippen molar-refractivity contribution in [3.05, 3.63) is 136 Å². The van der Waals surface area contributed by atoms with Gasteiger partial charge in [-0.3, -0.25) is 9.59 Å². The summed E-state index contributed by atoms with van der Waals surface area (Å²) in [6, 6.07) is 25.2. The molecule has 4 aromatic rings. The molecule has 6 atom stereocenters. The van der Waals surface area contributed by atoms with Gasteiger partial charge in [-0.25, -0.2) is 4.98 Å². The summed E-state index contributed by atoms with van der Waals surface area (Å²) in [5.74, 6) is 3.47. The van der Waals surface area contributed by atoms with Crippen LogP contribution in [0.25, 0.3) is 6.08 Å². The minimum atomic E-state index is -0.560. The van der Waals surface area contributed by atoms with Crippen LogP contribution in [0.4, 0.5) is 5.82 Å². The SMILES string of the molecule is COc1cc(/C=C\C(=O)CC(=O)CCC[C@H](CCC2(O)CCCCC2)C[C@@H]2[C@@H]3CCNC[C@@H]3C[C@@H]3C=CCN[C@@H]23)c(Cc2cnc(N)cc2CCc2cccc(CCc3ccccc3)c2)cc1O. The number of Topliss-reactive ketones (excluding diaryl/α,β-unsaturated/α-hetero) is 1. The van der Waals surface area contributed by atoms with Crippen LogP contribution in [0.5, 0.6) is 11.5 Å². The maximum atomic E-state index is 13.5. The summed E-state index contributed by atoms with van der Waals surface area (Å²) >= 11 is 0. The zero-order valence-electron chi connectivity index (χ0n) is 40.5. The number of aryl methyl sites for hydroxylation is 4. The molecule has 0 spiro atoms. The molecule has 68 heavy (non-hydrogen) atoms. The van der Waals surface area contributed by atoms with Crippen molar-refractivity contribution < 1.29 is 24.5 Å². The fourth-order valence-electron chi connectivity index (χ4n) is 12.3. The number of allylic oxidation sites excluding steroid dienone is 1. The zero-order valence-corrected chi connectivity index (χ0v) is 40.5. The number of nitrogens with one attached hydrogen (secondary N) is 2. The Morgan fingerprint density at radius 3 is 2.51 bits per heavy atom. The summed E-state index contributed by atoms with van der Waals surface area (Å²) in [6.45, 7) is 3.12. The van der Waals surface area contributed by atoms with Crippen LogP contribution in [0.15, 0.2) is 97.2 Å². The van der Waals surface area contributed by atoms with Gasteiger partial charge in [0.2, 0.25) is 0 Å². The Balaban J connectivity index is 0.890. The van der Waals surface area contributed by atoms with Gasteiger partial charge in [0.05, 0.1) is 19.1 Å². The smallest absolute Gasteiger partial charge is 0.163 e. The zero-order chi connectivity index (χ0) is 47.3. The molecule has 3 aromatic carbocycles. The highest BCUT2D eigenvalue weighted by Gasteiger charge is 2.45. The number of hydrogen-bond donors (Lipinski definition) is 5. The third-order valence-electron chi connectivity index (χ3n) is 16.0. The molecule has 2 aliphatic carbocycles. The van der Waals surface area contributed by atoms with Gasteiger partial charge in [0, 0.05) is 25.2 Å². The molecule has 3 fully saturated rings. The van der Waals surface area contributed by atoms with Crippen LogP contribution in [-0.2, 0) is 41.7 Å². The van der Waals surface area contributed by atoms with E-state index in [9.17, 15) is 19.8 Å². The van der Waals surface area contributed by atoms with Crippen LogP contribution in [0.2, 0.25) is 0 Å². The van der Waals surface area contributed by atoms with E-state index in [1.807, 2.05) is 18.3 Å². The Kier molecular flexibility index (Phi) is 17.4. The summed E-state index contributed by atoms with van der Waals surface area (Å²) in [4.78, 5) is 31.4. The maximum Gasteiger partial charge on any atom is 0.163 e. The highest BCUT2D eigenvalue weighted by Crippen LogP contribution is 2.47. The average molecular weight is 921 g/mol. The Hall–Kier alpha value is -5.09. The lowest BCUT2D eigenvalue weighted by molar-refractivity contribution is -0.124. The third kappa shape index (κ3) is 13.6. The molecule has 4 aliphatic rings. The molecule has 0 unspecified atom stereocenters. The number of nitrogens with zero attached hydrogens (tertiary/aromatic N) is 1. The van der Waals surface area contributed by atoms with Crippen molar-refractivity contribution in [2.24, 2.45) is 29.6 Å². The van der Waals surface area contributed by atoms with Gasteiger partial charge in [-0.15, -0.1) is 0 Å². The van der Waals surface area contributed by atoms with E-state index < -0.39 is 5.60 Å². The number of rotatable bonds is 22. The van der Waals surface area contributed by atoms with E-state index in [2.05, 4.69) is 76.3 Å². The van der Waals surface area contributed by atoms with Gasteiger partial charge < -0.3 is 31.3 Å². The lowest BCUT2D eigenvalue weighted by Gasteiger charge is -2.51. The number of methoxy groups -OCH3 is 1. The number of phenolic OH excluding ortho intramolecular Hbond substituents is 1. The molecule has 1 aromatic heterocycles. The molecule has 0 bridgehead atoms. The molecule has 2 saturated carbocycles. The van der Waals surface area contributed by atoms with Crippen LogP contribution >= 0.6 is 0 Å². The van der Waals surface area contributed by atoms with E-state index in [0.29, 0.717) is 60.0 Å². The predicted octanol–water partition coefficient (Wildman–Crippen LogP) is 10.1. The van der Waals surface area contributed by atoms with Crippen molar-refractivity contribution in [1.82, 2.24) is 15.6 Å². The van der Waals surface area contributed by atoms with Gasteiger partial charge in [-0.2, -0.15) is 0 Å². The minimum absolute atomic E-state index is 0.00958. The molecule has 1 saturated heterocycles. The molecule has 0 amide bonds. The molecule has 2 aliphatic heterocycles. The first-order valence-electron chi connectivity index (χ1n) is 25.9. The van der Waals surface area contributed by atoms with E-state index in [0.717, 1.165) is 125 Å². The number of aliphatic hydroxyl groups is 1. The van der Waals surface area contributed by atoms with Crippen molar-refractivity contribution in [1.29, 1.82) is 0 Å². The fraction of sp³-hybridized carbons (Fsp3) is 0.508. The topological polar surface area (TPSA) is 147 Å². The molecule has 9 nitrogen and oxygen atoms in total. The number of phenols is 1. The first-order valence-corrected chi connectivity index (χ1v) is 25.9. The predicted molar refractivity (Wildman–Crippen MR) is 274 cm³/mol. The van der Waals surface area contributed by atoms with E-state index in [1.54, 1.807) is 18.2 Å². The van der Waals surface area contributed by atoms with Crippen LogP contribution in [-0.4, -0.2) is 65.2 Å². The number of piperidine rings is 1. The number of benzene rings is 3. The highest BCUT2D eigenvalue weighted by molar-refractivity contribution is 6.06. The molecule has 0 radical (unpaired) electrons. The van der Waals surface area contributed by atoms with E-state index in [1.165, 1.54) is 49.1 Å². The van der Waals surface area contributed by atoms with Crippen molar-refractivity contribution in [2.75, 3.05) is 32.5 Å². The number of carbonyl (C=O) groups is 2. The van der Waals surface area contributed by atoms with Crippen LogP contribution < -0.4 is 21.1 Å². The molecular weight excluding hydrogens is 845 g/mol. The average Bonchev–Trinajstić information content (AvgIpc) is 3.35. The minimum Gasteiger partial charge on any atom is -0.504 e. The summed E-state index contributed by atoms with van der Waals surface area (Å²) in [6.07, 6.45) is 26.4. The van der Waals surface area contributed by atoms with E-state index in [-0.39, 0.29) is 23.7 Å². The molecule has 8 rings (SSSR count). The number of aromatic nitrogens is 1. The Labute approximate surface area is 405 Å². The van der Waals surface area contributed by atoms with Crippen molar-refractivity contribution in [3.63, 3.8) is 0 Å². The Morgan fingerprint density at radius 1 is 0.926 bits per heavy atom. The Morgan fingerprint density at radius 2 is 1.71 bits per heavy atom. The number of ether oxygens (including phenoxy) is 1. The van der Waals surface area contributed by atoms with Crippen LogP contribution in [0, 0.1) is 29.6 Å². The second kappa shape index (κ2) is 24.0. The second-order valence-corrected chi connectivity index (χ2v) is 20.8. The molecule has 362 valence electrons. The van der Waals surface area contributed by atoms with Gasteiger partial charge in [0.15, 0.2) is 17.3 Å². The first kappa shape index (κ1) is 49.3. The summed E-state index contributed by atoms with van der Waals surface area (Å²) in [5, 5.41) is 30.1. The van der Waals surface area contributed by atoms with Gasteiger partial charge >= 0.3 is 0 Å². The Bertz CT molecular complexity index is 2350. The number of hydrogen-bond acceptors (Lipinski definition) is 9. The van der Waals surface area contributed by atoms with Crippen LogP contribution in [0.1, 0.15) is 129 Å². The summed E-state index contributed by atoms with van der Waals surface area (Å²) < 4.78 is 5.49. The van der Waals surface area contributed by atoms with Crippen molar-refractivity contribution in [2.45, 2.75) is 134 Å². The van der Waals surface area contributed by atoms with Gasteiger partial charge in [0.1, 0.15) is 11.6 Å². The number of ketones is 2. The first-order chi connectivity index (χ1) is 33.1. The monoisotopic (exact) mass is 921 g/mol. The standard InChI is InChI=1S/C59H76N4O5/c1-68-56-36-45(48(35-55(56)66)34-49-40-63-57(60)37-46(49)21-20-43-14-8-13-42(31-43)19-18-41-11-4-2-5-12-41)22-23-52(65)38-51(64)17-9-15-44(24-28-59(67)26-6-3-7-27-59)32-54-53-25-30-61-39-50(53)33-47-16-10-29-62-58(47)54/h2,4-5,8,10-14,16,22-23,31,35-37,40,44,47,50,53-54,58,61-62,66-67H,3,6-7,9,15,17-21,24-30,32-34,38-39H2,1H3,(H2,60,63)/b23-22-/t44-,47+,50+,53-,54-,58-/m1/s1. The van der Waals surface area contributed by atoms with Crippen molar-refractivity contribution in [3.8, 4) is 11.5 Å². The number of pyridine rings is 1. The molecular formula is C59H76N4O5. The number of nitrogen functional groups attached to an aromatic ring is 1. The normalized spacial score (nSPS) is 22.6. The van der Waals surface area contributed by atoms with Crippen molar-refractivity contribution >= 4 is 23.5 Å². The molecule has 3 heterocycles. The highest BCUT2D eigenvalue weighted by atomic mass is 16.5. The number of aromatic hydroxyl groups is 1. The number of nitrogens with two attached hydrogens (primary N) is 1. The van der Waals surface area contributed by atoms with E-state index >= 15 is 0 Å². The lowest BCUT2D eigenvalue weighted by atomic mass is 9.59. The maximum absolute atomic E-state index is 13.5. The summed E-state index contributed by atoms with van der Waals surface area (Å²) in [5.41, 5.74) is 13.2. The largest absolute Gasteiger partial charge is 0.504 e. The third-order valence-corrected chi connectivity index (χ3v) is 16.0. The van der Waals surface area contributed by atoms with Gasteiger partial charge in [0.25, 0.3) is 0 Å².